The van der Waals surface area contributed by atoms with Gasteiger partial charge in [0.1, 0.15) is 6.54 Å². The van der Waals surface area contributed by atoms with Crippen molar-refractivity contribution in [1.29, 1.82) is 0 Å². The van der Waals surface area contributed by atoms with Crippen molar-refractivity contribution in [2.45, 2.75) is 26.7 Å². The predicted molar refractivity (Wildman–Crippen MR) is 115 cm³/mol. The summed E-state index contributed by atoms with van der Waals surface area (Å²) in [7, 11) is 0. The van der Waals surface area contributed by atoms with Crippen LogP contribution >= 0.6 is 11.3 Å². The number of morpholine rings is 1. The Bertz CT molecular complexity index is 967. The van der Waals surface area contributed by atoms with E-state index in [0.717, 1.165) is 39.3 Å². The first-order chi connectivity index (χ1) is 14.4. The van der Waals surface area contributed by atoms with E-state index >= 15 is 0 Å². The molecule has 9 heteroatoms. The molecule has 0 unspecified atom stereocenters. The number of imide groups is 1. The van der Waals surface area contributed by atoms with Crippen LogP contribution in [0.5, 0.6) is 0 Å². The van der Waals surface area contributed by atoms with Gasteiger partial charge in [-0.1, -0.05) is 17.4 Å². The molecule has 3 heterocycles. The Balaban J connectivity index is 1.59. The van der Waals surface area contributed by atoms with E-state index in [1.807, 2.05) is 19.9 Å². The predicted octanol–water partition coefficient (Wildman–Crippen LogP) is 1.73. The third-order valence-electron chi connectivity index (χ3n) is 5.80. The van der Waals surface area contributed by atoms with Crippen molar-refractivity contribution in [1.82, 2.24) is 14.8 Å². The first-order valence-electron chi connectivity index (χ1n) is 10.2. The largest absolute Gasteiger partial charge is 0.379 e. The summed E-state index contributed by atoms with van der Waals surface area (Å²) < 4.78 is 6.42. The second-order valence-corrected chi connectivity index (χ2v) is 8.73. The smallest absolute Gasteiger partial charge is 0.248 e. The molecule has 8 nitrogen and oxygen atoms in total. The van der Waals surface area contributed by atoms with E-state index in [0.29, 0.717) is 31.4 Å². The third-order valence-corrected chi connectivity index (χ3v) is 6.84. The van der Waals surface area contributed by atoms with Gasteiger partial charge < -0.3 is 4.74 Å². The third kappa shape index (κ3) is 4.23. The summed E-state index contributed by atoms with van der Waals surface area (Å²) in [5.41, 5.74) is 3.15. The molecule has 0 saturated carbocycles. The molecule has 3 amide bonds. The standard InChI is InChI=1S/C21H26N4O4S/c1-14-3-4-16-20(15(14)2)22-21(30-16)24(8-7-23-9-11-29-12-10-23)19(28)13-25-17(26)5-6-18(25)27/h3-4H,5-13H2,1-2H3. The maximum atomic E-state index is 13.2. The van der Waals surface area contributed by atoms with Crippen molar-refractivity contribution >= 4 is 44.4 Å². The molecular weight excluding hydrogens is 404 g/mol. The topological polar surface area (TPSA) is 83.0 Å². The molecule has 160 valence electrons. The molecule has 2 aliphatic heterocycles. The second-order valence-electron chi connectivity index (χ2n) is 7.72. The van der Waals surface area contributed by atoms with Crippen LogP contribution in [0.4, 0.5) is 5.13 Å². The molecule has 0 spiro atoms. The zero-order valence-corrected chi connectivity index (χ0v) is 18.2. The Morgan fingerprint density at radius 1 is 1.17 bits per heavy atom. The number of benzene rings is 1. The molecule has 0 bridgehead atoms. The molecule has 30 heavy (non-hydrogen) atoms. The summed E-state index contributed by atoms with van der Waals surface area (Å²) in [5, 5.41) is 0.607. The Morgan fingerprint density at radius 2 is 1.87 bits per heavy atom. The Hall–Kier alpha value is -2.36. The summed E-state index contributed by atoms with van der Waals surface area (Å²) in [6.07, 6.45) is 0.360. The molecule has 2 aliphatic rings. The maximum Gasteiger partial charge on any atom is 0.248 e. The van der Waals surface area contributed by atoms with Gasteiger partial charge in [0, 0.05) is 39.0 Å². The lowest BCUT2D eigenvalue weighted by atomic mass is 10.1. The molecule has 2 aromatic rings. The summed E-state index contributed by atoms with van der Waals surface area (Å²) >= 11 is 1.47. The average Bonchev–Trinajstić information content (AvgIpc) is 3.31. The summed E-state index contributed by atoms with van der Waals surface area (Å²) in [4.78, 5) is 46.9. The number of thiazole rings is 1. The van der Waals surface area contributed by atoms with Crippen molar-refractivity contribution in [2.24, 2.45) is 0 Å². The van der Waals surface area contributed by atoms with Crippen LogP contribution in [-0.2, 0) is 19.1 Å². The zero-order valence-electron chi connectivity index (χ0n) is 17.3. The maximum absolute atomic E-state index is 13.2. The fourth-order valence-electron chi connectivity index (χ4n) is 3.74. The lowest BCUT2D eigenvalue weighted by Gasteiger charge is -2.29. The van der Waals surface area contributed by atoms with Gasteiger partial charge in [-0.15, -0.1) is 0 Å². The van der Waals surface area contributed by atoms with Crippen LogP contribution in [0.25, 0.3) is 10.2 Å². The number of aromatic nitrogens is 1. The fraction of sp³-hybridized carbons (Fsp3) is 0.524. The highest BCUT2D eigenvalue weighted by atomic mass is 32.1. The van der Waals surface area contributed by atoms with Gasteiger partial charge in [0.2, 0.25) is 17.7 Å². The fourth-order valence-corrected chi connectivity index (χ4v) is 4.81. The Kier molecular flexibility index (Phi) is 6.12. The van der Waals surface area contributed by atoms with Crippen LogP contribution in [0.15, 0.2) is 12.1 Å². The second kappa shape index (κ2) is 8.79. The lowest BCUT2D eigenvalue weighted by Crippen LogP contribution is -2.47. The number of rotatable bonds is 6. The monoisotopic (exact) mass is 430 g/mol. The molecule has 1 aromatic heterocycles. The van der Waals surface area contributed by atoms with Gasteiger partial charge in [0.15, 0.2) is 5.13 Å². The first kappa shape index (κ1) is 20.9. The molecular formula is C21H26N4O4S. The molecule has 1 aromatic carbocycles. The highest BCUT2D eigenvalue weighted by Crippen LogP contribution is 2.32. The van der Waals surface area contributed by atoms with E-state index in [9.17, 15) is 14.4 Å². The molecule has 2 fully saturated rings. The van der Waals surface area contributed by atoms with Crippen LogP contribution in [0.3, 0.4) is 0 Å². The van der Waals surface area contributed by atoms with Crippen LogP contribution in [0, 0.1) is 13.8 Å². The van der Waals surface area contributed by atoms with Crippen LogP contribution in [0.2, 0.25) is 0 Å². The minimum absolute atomic E-state index is 0.180. The number of carbonyl (C=O) groups excluding carboxylic acids is 3. The number of fused-ring (bicyclic) bond motifs is 1. The van der Waals surface area contributed by atoms with Crippen molar-refractivity contribution in [2.75, 3.05) is 50.8 Å². The number of ether oxygens (including phenoxy) is 1. The van der Waals surface area contributed by atoms with E-state index in [1.54, 1.807) is 4.90 Å². The lowest BCUT2D eigenvalue weighted by molar-refractivity contribution is -0.141. The van der Waals surface area contributed by atoms with E-state index in [2.05, 4.69) is 11.0 Å². The van der Waals surface area contributed by atoms with Crippen molar-refractivity contribution < 1.29 is 19.1 Å². The van der Waals surface area contributed by atoms with Gasteiger partial charge in [-0.05, 0) is 31.0 Å². The van der Waals surface area contributed by atoms with E-state index < -0.39 is 0 Å². The summed E-state index contributed by atoms with van der Waals surface area (Å²) in [6.45, 7) is 8.00. The van der Waals surface area contributed by atoms with E-state index in [4.69, 9.17) is 9.72 Å². The summed E-state index contributed by atoms with van der Waals surface area (Å²) in [5.74, 6) is -0.838. The number of amides is 3. The normalized spacial score (nSPS) is 17.9. The summed E-state index contributed by atoms with van der Waals surface area (Å²) in [6, 6.07) is 4.08. The molecule has 0 atom stereocenters. The molecule has 4 rings (SSSR count). The number of likely N-dealkylation sites (tertiary alicyclic amines) is 1. The highest BCUT2D eigenvalue weighted by Gasteiger charge is 2.33. The number of hydrogen-bond acceptors (Lipinski definition) is 7. The Morgan fingerprint density at radius 3 is 2.57 bits per heavy atom. The Labute approximate surface area is 179 Å². The highest BCUT2D eigenvalue weighted by molar-refractivity contribution is 7.22. The SMILES string of the molecule is Cc1ccc2sc(N(CCN3CCOCC3)C(=O)CN3C(=O)CCC3=O)nc2c1C. The van der Waals surface area contributed by atoms with Crippen molar-refractivity contribution in [3.63, 3.8) is 0 Å². The van der Waals surface area contributed by atoms with Crippen LogP contribution < -0.4 is 4.90 Å². The number of nitrogens with zero attached hydrogens (tertiary/aromatic N) is 4. The van der Waals surface area contributed by atoms with Crippen molar-refractivity contribution in [3.8, 4) is 0 Å². The number of hydrogen-bond donors (Lipinski definition) is 0. The van der Waals surface area contributed by atoms with Crippen LogP contribution in [0.1, 0.15) is 24.0 Å². The van der Waals surface area contributed by atoms with Gasteiger partial charge >= 0.3 is 0 Å². The van der Waals surface area contributed by atoms with Gasteiger partial charge in [-0.25, -0.2) is 4.98 Å². The molecule has 0 radical (unpaired) electrons. The van der Waals surface area contributed by atoms with Gasteiger partial charge in [-0.3, -0.25) is 29.1 Å². The minimum Gasteiger partial charge on any atom is -0.379 e. The zero-order chi connectivity index (χ0) is 21.3. The average molecular weight is 431 g/mol. The molecule has 0 aliphatic carbocycles. The number of anilines is 1. The number of carbonyl (C=O) groups is 3. The first-order valence-corrected chi connectivity index (χ1v) is 11.1. The van der Waals surface area contributed by atoms with E-state index in [-0.39, 0.29) is 37.1 Å². The van der Waals surface area contributed by atoms with Gasteiger partial charge in [0.05, 0.1) is 23.4 Å². The molecule has 2 saturated heterocycles. The molecule has 0 N–H and O–H groups in total. The quantitative estimate of drug-likeness (QED) is 0.649. The van der Waals surface area contributed by atoms with Crippen molar-refractivity contribution in [3.05, 3.63) is 23.3 Å². The van der Waals surface area contributed by atoms with Crippen LogP contribution in [-0.4, -0.2) is 78.4 Å². The van der Waals surface area contributed by atoms with E-state index in [1.165, 1.54) is 11.3 Å². The van der Waals surface area contributed by atoms with Gasteiger partial charge in [-0.2, -0.15) is 0 Å². The minimum atomic E-state index is -0.280. The van der Waals surface area contributed by atoms with Gasteiger partial charge in [0.25, 0.3) is 0 Å². The number of aryl methyl sites for hydroxylation is 2.